The number of nitrogens with zero attached hydrogens (tertiary/aromatic N) is 1. The molecule has 0 bridgehead atoms. The van der Waals surface area contributed by atoms with E-state index in [9.17, 15) is 9.59 Å². The molecule has 0 saturated heterocycles. The van der Waals surface area contributed by atoms with Gasteiger partial charge in [-0.05, 0) is 24.1 Å². The summed E-state index contributed by atoms with van der Waals surface area (Å²) in [7, 11) is 0.942. The summed E-state index contributed by atoms with van der Waals surface area (Å²) in [6.45, 7) is 0.581. The largest absolute Gasteiger partial charge is 0.472 e. The van der Waals surface area contributed by atoms with Crippen LogP contribution in [0.3, 0.4) is 0 Å². The van der Waals surface area contributed by atoms with Crippen molar-refractivity contribution in [3.8, 4) is 0 Å². The summed E-state index contributed by atoms with van der Waals surface area (Å²) >= 11 is 6.08. The van der Waals surface area contributed by atoms with Crippen molar-refractivity contribution in [2.45, 2.75) is 18.9 Å². The molecule has 0 aliphatic heterocycles. The standard InChI is InChI=1S/C14H21ClN2O3Si/c1-17(9-7-11-5-3-4-6-12(11)15)13(18)8-10-21(16)14(19)20-2/h3-6,21H,7-10,16H2,1-2H3/t21-/m0/s1. The van der Waals surface area contributed by atoms with Gasteiger partial charge >= 0.3 is 0 Å². The van der Waals surface area contributed by atoms with Gasteiger partial charge in [-0.1, -0.05) is 29.8 Å². The number of halogens is 1. The maximum Gasteiger partial charge on any atom is 0.285 e. The number of hydrogen-bond acceptors (Lipinski definition) is 4. The molecule has 0 aromatic heterocycles. The lowest BCUT2D eigenvalue weighted by Gasteiger charge is -2.18. The van der Waals surface area contributed by atoms with Gasteiger partial charge in [0.2, 0.25) is 14.9 Å². The lowest BCUT2D eigenvalue weighted by atomic mass is 10.1. The van der Waals surface area contributed by atoms with Crippen LogP contribution in [0.4, 0.5) is 4.79 Å². The minimum atomic E-state index is -2.11. The van der Waals surface area contributed by atoms with Crippen LogP contribution >= 0.6 is 11.6 Å². The highest BCUT2D eigenvalue weighted by atomic mass is 35.5. The van der Waals surface area contributed by atoms with Gasteiger partial charge in [0, 0.05) is 25.0 Å². The van der Waals surface area contributed by atoms with Crippen LogP contribution in [0.25, 0.3) is 0 Å². The first kappa shape index (κ1) is 17.7. The summed E-state index contributed by atoms with van der Waals surface area (Å²) in [6, 6.07) is 7.99. The first-order valence-electron chi connectivity index (χ1n) is 6.76. The molecule has 2 N–H and O–H groups in total. The summed E-state index contributed by atoms with van der Waals surface area (Å²) in [4.78, 5) is 24.8. The van der Waals surface area contributed by atoms with E-state index in [1.165, 1.54) is 7.11 Å². The monoisotopic (exact) mass is 328 g/mol. The minimum absolute atomic E-state index is 0.0195. The maximum absolute atomic E-state index is 12.0. The van der Waals surface area contributed by atoms with Crippen molar-refractivity contribution in [1.82, 2.24) is 4.90 Å². The number of nitrogens with two attached hydrogens (primary N) is 1. The van der Waals surface area contributed by atoms with E-state index in [1.54, 1.807) is 11.9 Å². The molecular weight excluding hydrogens is 308 g/mol. The van der Waals surface area contributed by atoms with Gasteiger partial charge in [-0.2, -0.15) is 0 Å². The Kier molecular flexibility index (Phi) is 7.42. The van der Waals surface area contributed by atoms with Gasteiger partial charge in [0.1, 0.15) is 0 Å². The van der Waals surface area contributed by atoms with E-state index in [-0.39, 0.29) is 17.9 Å². The minimum Gasteiger partial charge on any atom is -0.472 e. The highest BCUT2D eigenvalue weighted by Gasteiger charge is 2.19. The van der Waals surface area contributed by atoms with E-state index in [0.29, 0.717) is 24.0 Å². The third-order valence-corrected chi connectivity index (χ3v) is 5.39. The van der Waals surface area contributed by atoms with Crippen molar-refractivity contribution >= 4 is 32.1 Å². The predicted molar refractivity (Wildman–Crippen MR) is 86.0 cm³/mol. The van der Waals surface area contributed by atoms with Gasteiger partial charge in [0.15, 0.2) is 0 Å². The maximum atomic E-state index is 12.0. The third kappa shape index (κ3) is 5.87. The number of ether oxygens (including phenoxy) is 1. The summed E-state index contributed by atoms with van der Waals surface area (Å²) in [6.07, 6.45) is 0.976. The second-order valence-electron chi connectivity index (χ2n) is 4.83. The smallest absolute Gasteiger partial charge is 0.285 e. The molecule has 0 aliphatic rings. The second-order valence-corrected chi connectivity index (χ2v) is 7.49. The average molecular weight is 329 g/mol. The molecule has 0 spiro atoms. The number of rotatable bonds is 7. The summed E-state index contributed by atoms with van der Waals surface area (Å²) in [5.41, 5.74) is 0.654. The Balaban J connectivity index is 2.38. The number of hydrogen-bond donors (Lipinski definition) is 1. The zero-order chi connectivity index (χ0) is 15.8. The van der Waals surface area contributed by atoms with Crippen LogP contribution in [0.15, 0.2) is 24.3 Å². The van der Waals surface area contributed by atoms with Gasteiger partial charge in [0.25, 0.3) is 5.59 Å². The number of methoxy groups -OCH3 is 1. The molecule has 21 heavy (non-hydrogen) atoms. The van der Waals surface area contributed by atoms with Crippen molar-refractivity contribution < 1.29 is 14.3 Å². The molecule has 116 valence electrons. The Morgan fingerprint density at radius 2 is 2.05 bits per heavy atom. The van der Waals surface area contributed by atoms with Gasteiger partial charge in [-0.15, -0.1) is 0 Å². The fourth-order valence-corrected chi connectivity index (χ4v) is 3.18. The van der Waals surface area contributed by atoms with E-state index in [1.807, 2.05) is 24.3 Å². The van der Waals surface area contributed by atoms with E-state index in [0.717, 1.165) is 5.56 Å². The fourth-order valence-electron chi connectivity index (χ4n) is 1.85. The summed E-state index contributed by atoms with van der Waals surface area (Å²) < 4.78 is 4.58. The molecule has 0 fully saturated rings. The van der Waals surface area contributed by atoms with Gasteiger partial charge < -0.3 is 15.0 Å². The fraction of sp³-hybridized carbons (Fsp3) is 0.429. The van der Waals surface area contributed by atoms with Gasteiger partial charge in [-0.3, -0.25) is 9.59 Å². The summed E-state index contributed by atoms with van der Waals surface area (Å²) in [5.74, 6) is -0.0195. The molecular formula is C14H21ClN2O3Si. The highest BCUT2D eigenvalue weighted by Crippen LogP contribution is 2.15. The summed E-state index contributed by atoms with van der Waals surface area (Å²) in [5, 5.41) is 6.44. The Labute approximate surface area is 131 Å². The number of carbonyl (C=O) groups is 2. The van der Waals surface area contributed by atoms with Crippen LogP contribution in [0.2, 0.25) is 11.1 Å². The number of likely N-dealkylation sites (N-methyl/N-ethyl adjacent to an activating group) is 1. The molecule has 0 heterocycles. The van der Waals surface area contributed by atoms with Crippen LogP contribution in [-0.2, 0) is 16.0 Å². The average Bonchev–Trinajstić information content (AvgIpc) is 2.50. The molecule has 1 rings (SSSR count). The Morgan fingerprint density at radius 1 is 1.38 bits per heavy atom. The molecule has 1 aromatic carbocycles. The van der Waals surface area contributed by atoms with Crippen molar-refractivity contribution in [3.63, 3.8) is 0 Å². The Bertz CT molecular complexity index is 499. The first-order chi connectivity index (χ1) is 9.95. The molecule has 1 amide bonds. The zero-order valence-corrected chi connectivity index (χ0v) is 14.3. The van der Waals surface area contributed by atoms with Crippen LogP contribution in [0, 0.1) is 0 Å². The Hall–Kier alpha value is -1.37. The lowest BCUT2D eigenvalue weighted by molar-refractivity contribution is -0.129. The molecule has 1 aromatic rings. The molecule has 0 saturated carbocycles. The normalized spacial score (nSPS) is 11.8. The molecule has 0 radical (unpaired) electrons. The van der Waals surface area contributed by atoms with Crippen LogP contribution < -0.4 is 5.40 Å². The van der Waals surface area contributed by atoms with E-state index in [2.05, 4.69) is 4.74 Å². The SMILES string of the molecule is COC(=O)[Si@@H](N)CCC(=O)N(C)CCc1ccccc1Cl. The topological polar surface area (TPSA) is 72.6 Å². The zero-order valence-electron chi connectivity index (χ0n) is 12.3. The number of carbonyl (C=O) groups excluding carboxylic acids is 2. The molecule has 5 nitrogen and oxygen atoms in total. The molecule has 0 unspecified atom stereocenters. The Morgan fingerprint density at radius 3 is 2.67 bits per heavy atom. The van der Waals surface area contributed by atoms with Gasteiger partial charge in [-0.25, -0.2) is 0 Å². The van der Waals surface area contributed by atoms with E-state index >= 15 is 0 Å². The van der Waals surface area contributed by atoms with E-state index in [4.69, 9.17) is 17.0 Å². The molecule has 7 heteroatoms. The van der Waals surface area contributed by atoms with Crippen LogP contribution in [-0.4, -0.2) is 46.1 Å². The molecule has 0 aliphatic carbocycles. The van der Waals surface area contributed by atoms with Gasteiger partial charge in [0.05, 0.1) is 7.11 Å². The molecule has 1 atom stereocenters. The van der Waals surface area contributed by atoms with Crippen molar-refractivity contribution in [3.05, 3.63) is 34.9 Å². The number of benzene rings is 1. The van der Waals surface area contributed by atoms with Crippen LogP contribution in [0.5, 0.6) is 0 Å². The van der Waals surface area contributed by atoms with Crippen molar-refractivity contribution in [2.75, 3.05) is 20.7 Å². The third-order valence-electron chi connectivity index (χ3n) is 3.27. The lowest BCUT2D eigenvalue weighted by Crippen LogP contribution is -2.38. The quantitative estimate of drug-likeness (QED) is 0.774. The number of amides is 1. The second kappa shape index (κ2) is 8.81. The van der Waals surface area contributed by atoms with Crippen LogP contribution in [0.1, 0.15) is 12.0 Å². The van der Waals surface area contributed by atoms with E-state index < -0.39 is 8.96 Å². The first-order valence-corrected chi connectivity index (χ1v) is 9.20. The predicted octanol–water partition coefficient (Wildman–Crippen LogP) is 1.76. The highest BCUT2D eigenvalue weighted by molar-refractivity contribution is 6.86. The van der Waals surface area contributed by atoms with Crippen molar-refractivity contribution in [2.24, 2.45) is 5.40 Å². The van der Waals surface area contributed by atoms with Crippen molar-refractivity contribution in [1.29, 1.82) is 0 Å².